The normalized spacial score (nSPS) is 11.2. The van der Waals surface area contributed by atoms with E-state index >= 15 is 0 Å². The van der Waals surface area contributed by atoms with Gasteiger partial charge in [0.2, 0.25) is 0 Å². The van der Waals surface area contributed by atoms with Gasteiger partial charge in [0.15, 0.2) is 5.82 Å². The first-order chi connectivity index (χ1) is 16.6. The summed E-state index contributed by atoms with van der Waals surface area (Å²) in [5.41, 5.74) is 5.36. The van der Waals surface area contributed by atoms with Crippen LogP contribution < -0.4 is 16.2 Å². The summed E-state index contributed by atoms with van der Waals surface area (Å²) in [5.74, 6) is 0.313. The number of hydrogen-bond acceptors (Lipinski definition) is 5. The molecule has 7 nitrogen and oxygen atoms in total. The van der Waals surface area contributed by atoms with Crippen LogP contribution in [0.4, 0.5) is 17.2 Å². The summed E-state index contributed by atoms with van der Waals surface area (Å²) in [6, 6.07) is 18.7. The van der Waals surface area contributed by atoms with Crippen LogP contribution in [0.15, 0.2) is 77.9 Å². The predicted octanol–water partition coefficient (Wildman–Crippen LogP) is 5.44. The number of carbonyl (C=O) groups is 1. The molecule has 0 saturated carbocycles. The number of nitrogens with one attached hydrogen (secondary N) is 2. The third kappa shape index (κ3) is 5.30. The fraction of sp³-hybridized carbons (Fsp3) is 0.214. The lowest BCUT2D eigenvalue weighted by Gasteiger charge is -2.19. The Morgan fingerprint density at radius 1 is 0.971 bits per heavy atom. The zero-order valence-corrected chi connectivity index (χ0v) is 20.6. The van der Waals surface area contributed by atoms with Crippen LogP contribution in [0.25, 0.3) is 11.1 Å². The monoisotopic (exact) mass is 467 g/mol. The number of rotatable bonds is 5. The summed E-state index contributed by atoms with van der Waals surface area (Å²) >= 11 is 0. The molecule has 0 aliphatic carbocycles. The van der Waals surface area contributed by atoms with Crippen LogP contribution in [0.1, 0.15) is 42.3 Å². The number of aryl methyl sites for hydroxylation is 1. The number of benzene rings is 2. The van der Waals surface area contributed by atoms with Gasteiger partial charge in [-0.3, -0.25) is 9.59 Å². The summed E-state index contributed by atoms with van der Waals surface area (Å²) < 4.78 is 1.52. The second-order valence-corrected chi connectivity index (χ2v) is 9.55. The van der Waals surface area contributed by atoms with Gasteiger partial charge in [-0.05, 0) is 65.4 Å². The Bertz CT molecular complexity index is 1420. The molecule has 1 amide bonds. The Morgan fingerprint density at radius 2 is 1.71 bits per heavy atom. The van der Waals surface area contributed by atoms with E-state index in [9.17, 15) is 9.59 Å². The predicted molar refractivity (Wildman–Crippen MR) is 140 cm³/mol. The molecular formula is C28H29N5O2. The van der Waals surface area contributed by atoms with E-state index in [1.807, 2.05) is 49.4 Å². The van der Waals surface area contributed by atoms with Crippen molar-refractivity contribution in [3.8, 4) is 11.1 Å². The molecule has 35 heavy (non-hydrogen) atoms. The molecule has 7 heteroatoms. The Balaban J connectivity index is 1.63. The quantitative estimate of drug-likeness (QED) is 0.408. The molecule has 0 bridgehead atoms. The molecule has 2 aromatic heterocycles. The van der Waals surface area contributed by atoms with Crippen LogP contribution in [-0.2, 0) is 12.5 Å². The van der Waals surface area contributed by atoms with Crippen LogP contribution in [0.2, 0.25) is 0 Å². The molecule has 2 aromatic carbocycles. The van der Waals surface area contributed by atoms with E-state index in [-0.39, 0.29) is 16.9 Å². The minimum Gasteiger partial charge on any atom is -0.334 e. The second-order valence-electron chi connectivity index (χ2n) is 9.55. The highest BCUT2D eigenvalue weighted by Gasteiger charge is 2.16. The maximum absolute atomic E-state index is 13.0. The van der Waals surface area contributed by atoms with Gasteiger partial charge in [-0.2, -0.15) is 5.10 Å². The van der Waals surface area contributed by atoms with Gasteiger partial charge in [-0.1, -0.05) is 45.0 Å². The third-order valence-electron chi connectivity index (χ3n) is 5.92. The molecule has 0 aliphatic rings. The van der Waals surface area contributed by atoms with E-state index in [2.05, 4.69) is 41.6 Å². The summed E-state index contributed by atoms with van der Waals surface area (Å²) in [5, 5.41) is 13.9. The van der Waals surface area contributed by atoms with Gasteiger partial charge >= 0.3 is 0 Å². The van der Waals surface area contributed by atoms with E-state index in [1.54, 1.807) is 37.6 Å². The first kappa shape index (κ1) is 23.9. The van der Waals surface area contributed by atoms with Gasteiger partial charge in [0.25, 0.3) is 11.5 Å². The van der Waals surface area contributed by atoms with Crippen molar-refractivity contribution < 1.29 is 4.79 Å². The molecule has 4 aromatic rings. The van der Waals surface area contributed by atoms with Crippen molar-refractivity contribution in [2.75, 3.05) is 10.6 Å². The van der Waals surface area contributed by atoms with Gasteiger partial charge < -0.3 is 15.2 Å². The lowest BCUT2D eigenvalue weighted by Crippen LogP contribution is -2.20. The van der Waals surface area contributed by atoms with Crippen molar-refractivity contribution in [3.63, 3.8) is 0 Å². The lowest BCUT2D eigenvalue weighted by molar-refractivity contribution is 0.102. The van der Waals surface area contributed by atoms with Crippen LogP contribution in [0.5, 0.6) is 0 Å². The van der Waals surface area contributed by atoms with Gasteiger partial charge in [0.1, 0.15) is 5.69 Å². The van der Waals surface area contributed by atoms with Crippen molar-refractivity contribution in [1.29, 1.82) is 0 Å². The highest BCUT2D eigenvalue weighted by Crippen LogP contribution is 2.30. The Kier molecular flexibility index (Phi) is 6.51. The average Bonchev–Trinajstić information content (AvgIpc) is 2.83. The van der Waals surface area contributed by atoms with Crippen LogP contribution in [0.3, 0.4) is 0 Å². The van der Waals surface area contributed by atoms with E-state index in [0.717, 1.165) is 16.7 Å². The van der Waals surface area contributed by atoms with Crippen LogP contribution in [-0.4, -0.2) is 20.7 Å². The van der Waals surface area contributed by atoms with Gasteiger partial charge in [0, 0.05) is 36.3 Å². The van der Waals surface area contributed by atoms with E-state index in [1.165, 1.54) is 10.1 Å². The summed E-state index contributed by atoms with van der Waals surface area (Å²) in [7, 11) is 1.70. The van der Waals surface area contributed by atoms with E-state index < -0.39 is 0 Å². The number of hydrogen-bond donors (Lipinski definition) is 2. The third-order valence-corrected chi connectivity index (χ3v) is 5.92. The highest BCUT2D eigenvalue weighted by atomic mass is 16.1. The van der Waals surface area contributed by atoms with Crippen molar-refractivity contribution in [1.82, 2.24) is 14.8 Å². The maximum Gasteiger partial charge on any atom is 0.274 e. The van der Waals surface area contributed by atoms with Gasteiger partial charge in [0.05, 0.1) is 0 Å². The fourth-order valence-corrected chi connectivity index (χ4v) is 3.85. The fourth-order valence-electron chi connectivity index (χ4n) is 3.85. The first-order valence-electron chi connectivity index (χ1n) is 11.4. The number of carbonyl (C=O) groups excluding carboxylic acids is 1. The molecule has 178 valence electrons. The number of anilines is 3. The number of amides is 1. The smallest absolute Gasteiger partial charge is 0.274 e. The molecule has 0 atom stereocenters. The van der Waals surface area contributed by atoms with Gasteiger partial charge in [-0.25, -0.2) is 0 Å². The number of aromatic nitrogens is 3. The van der Waals surface area contributed by atoms with E-state index in [4.69, 9.17) is 0 Å². The molecule has 2 N–H and O–H groups in total. The Hall–Kier alpha value is -4.26. The van der Waals surface area contributed by atoms with Crippen molar-refractivity contribution in [3.05, 3.63) is 100 Å². The van der Waals surface area contributed by atoms with E-state index in [0.29, 0.717) is 22.8 Å². The van der Waals surface area contributed by atoms with Crippen molar-refractivity contribution in [2.24, 2.45) is 7.05 Å². The van der Waals surface area contributed by atoms with Gasteiger partial charge in [-0.15, -0.1) is 5.10 Å². The first-order valence-corrected chi connectivity index (χ1v) is 11.4. The topological polar surface area (TPSA) is 88.9 Å². The van der Waals surface area contributed by atoms with Crippen molar-refractivity contribution in [2.45, 2.75) is 33.1 Å². The molecule has 4 rings (SSSR count). The number of pyridine rings is 1. The maximum atomic E-state index is 13.0. The van der Waals surface area contributed by atoms with Crippen LogP contribution >= 0.6 is 0 Å². The second kappa shape index (κ2) is 9.54. The summed E-state index contributed by atoms with van der Waals surface area (Å²) in [6.45, 7) is 8.38. The largest absolute Gasteiger partial charge is 0.334 e. The number of nitrogens with zero attached hydrogens (tertiary/aromatic N) is 3. The average molecular weight is 468 g/mol. The zero-order valence-electron chi connectivity index (χ0n) is 20.6. The zero-order chi connectivity index (χ0) is 25.2. The SMILES string of the molecule is Cc1c(NC(=O)c2ccc(C(C)(C)C)cc2)cccc1-c1cc(Nc2cccnn2)c(=O)n(C)c1. The molecular weight excluding hydrogens is 438 g/mol. The Labute approximate surface area is 204 Å². The molecule has 0 unspecified atom stereocenters. The molecule has 0 saturated heterocycles. The standard InChI is InChI=1S/C28H29N5O2/c1-18-22(20-16-24(27(35)33(5)17-20)30-25-10-7-15-29-32-25)8-6-9-23(18)31-26(34)19-11-13-21(14-12-19)28(2,3)4/h6-17H,1-5H3,(H,30,32)(H,31,34). The molecule has 0 fully saturated rings. The molecule has 0 aliphatic heterocycles. The molecule has 2 heterocycles. The molecule has 0 spiro atoms. The van der Waals surface area contributed by atoms with Crippen molar-refractivity contribution >= 4 is 23.1 Å². The van der Waals surface area contributed by atoms with Crippen LogP contribution in [0, 0.1) is 6.92 Å². The highest BCUT2D eigenvalue weighted by molar-refractivity contribution is 6.05. The minimum absolute atomic E-state index is 0.0243. The molecule has 0 radical (unpaired) electrons. The minimum atomic E-state index is -0.180. The summed E-state index contributed by atoms with van der Waals surface area (Å²) in [4.78, 5) is 25.6. The summed E-state index contributed by atoms with van der Waals surface area (Å²) in [6.07, 6.45) is 3.35. The lowest BCUT2D eigenvalue weighted by atomic mass is 9.86. The Morgan fingerprint density at radius 3 is 2.37 bits per heavy atom.